The fourth-order valence-corrected chi connectivity index (χ4v) is 3.35. The molecule has 2 nitrogen and oxygen atoms in total. The molecule has 0 spiro atoms. The third kappa shape index (κ3) is 3.59. The van der Waals surface area contributed by atoms with E-state index in [-0.39, 0.29) is 5.82 Å². The minimum Gasteiger partial charge on any atom is -0.381 e. The molecule has 0 aliphatic rings. The topological polar surface area (TPSA) is 24.9 Å². The van der Waals surface area contributed by atoms with E-state index in [4.69, 9.17) is 0 Å². The van der Waals surface area contributed by atoms with Gasteiger partial charge in [-0.05, 0) is 31.5 Å². The summed E-state index contributed by atoms with van der Waals surface area (Å²) in [6, 6.07) is 15.0. The molecule has 4 heteroatoms. The maximum absolute atomic E-state index is 13.6. The number of hydrogen-bond acceptors (Lipinski definition) is 3. The summed E-state index contributed by atoms with van der Waals surface area (Å²) in [7, 11) is 0. The van der Waals surface area contributed by atoms with Crippen molar-refractivity contribution in [2.45, 2.75) is 26.8 Å². The molecule has 118 valence electrons. The molecule has 0 fully saturated rings. The molecule has 1 N–H and O–H groups in total. The second-order valence-corrected chi connectivity index (χ2v) is 6.68. The summed E-state index contributed by atoms with van der Waals surface area (Å²) >= 11 is 1.75. The molecule has 1 aromatic heterocycles. The van der Waals surface area contributed by atoms with E-state index < -0.39 is 0 Å². The van der Waals surface area contributed by atoms with Gasteiger partial charge in [0.05, 0.1) is 10.7 Å². The van der Waals surface area contributed by atoms with Crippen LogP contribution in [0.3, 0.4) is 0 Å². The van der Waals surface area contributed by atoms with Gasteiger partial charge >= 0.3 is 0 Å². The van der Waals surface area contributed by atoms with E-state index in [1.165, 1.54) is 16.0 Å². The van der Waals surface area contributed by atoms with Crippen LogP contribution in [0.15, 0.2) is 48.5 Å². The van der Waals surface area contributed by atoms with Gasteiger partial charge in [0.15, 0.2) is 0 Å². The van der Waals surface area contributed by atoms with Crippen LogP contribution in [0.1, 0.15) is 22.4 Å². The number of benzene rings is 2. The molecular formula is C19H19FN2S. The highest BCUT2D eigenvalue weighted by Gasteiger charge is 2.08. The Morgan fingerprint density at radius 2 is 1.83 bits per heavy atom. The number of nitrogens with one attached hydrogen (secondary N) is 1. The normalized spacial score (nSPS) is 10.7. The fourth-order valence-electron chi connectivity index (χ4n) is 2.46. The van der Waals surface area contributed by atoms with Crippen molar-refractivity contribution in [1.82, 2.24) is 4.98 Å². The highest BCUT2D eigenvalue weighted by atomic mass is 32.1. The van der Waals surface area contributed by atoms with Crippen molar-refractivity contribution < 1.29 is 4.39 Å². The van der Waals surface area contributed by atoms with E-state index in [9.17, 15) is 4.39 Å². The number of nitrogens with zero attached hydrogens (tertiary/aromatic N) is 1. The van der Waals surface area contributed by atoms with E-state index in [0.717, 1.165) is 23.4 Å². The van der Waals surface area contributed by atoms with Crippen LogP contribution < -0.4 is 5.32 Å². The van der Waals surface area contributed by atoms with E-state index in [1.807, 2.05) is 18.2 Å². The fraction of sp³-hybridized carbons (Fsp3) is 0.211. The monoisotopic (exact) mass is 326 g/mol. The van der Waals surface area contributed by atoms with Crippen molar-refractivity contribution in [2.24, 2.45) is 0 Å². The Labute approximate surface area is 140 Å². The average Bonchev–Trinajstić information content (AvgIpc) is 2.96. The minimum atomic E-state index is -0.179. The first-order valence-electron chi connectivity index (χ1n) is 7.71. The highest BCUT2D eigenvalue weighted by Crippen LogP contribution is 2.28. The van der Waals surface area contributed by atoms with Crippen molar-refractivity contribution in [3.8, 4) is 11.3 Å². The molecule has 0 atom stereocenters. The quantitative estimate of drug-likeness (QED) is 0.676. The van der Waals surface area contributed by atoms with E-state index >= 15 is 0 Å². The standard InChI is InChI=1S/C19H19FN2S/c1-3-18-22-19(13(2)23-18)14-8-10-16(11-9-14)21-12-15-6-4-5-7-17(15)20/h4-11,21H,3,12H2,1-2H3. The van der Waals surface area contributed by atoms with Crippen LogP contribution in [0, 0.1) is 12.7 Å². The first-order chi connectivity index (χ1) is 11.2. The third-order valence-corrected chi connectivity index (χ3v) is 4.86. The SMILES string of the molecule is CCc1nc(-c2ccc(NCc3ccccc3F)cc2)c(C)s1. The molecule has 0 saturated carbocycles. The van der Waals surface area contributed by atoms with E-state index in [1.54, 1.807) is 23.5 Å². The van der Waals surface area contributed by atoms with Crippen LogP contribution in [-0.4, -0.2) is 4.98 Å². The molecule has 2 aromatic carbocycles. The summed E-state index contributed by atoms with van der Waals surface area (Å²) in [4.78, 5) is 5.93. The molecule has 3 aromatic rings. The zero-order valence-corrected chi connectivity index (χ0v) is 14.1. The number of hydrogen-bond donors (Lipinski definition) is 1. The summed E-state index contributed by atoms with van der Waals surface area (Å²) in [5.41, 5.74) is 3.82. The van der Waals surface area contributed by atoms with Crippen LogP contribution in [0.5, 0.6) is 0 Å². The van der Waals surface area contributed by atoms with Gasteiger partial charge in [-0.15, -0.1) is 11.3 Å². The van der Waals surface area contributed by atoms with Gasteiger partial charge < -0.3 is 5.32 Å². The summed E-state index contributed by atoms with van der Waals surface area (Å²) in [5.74, 6) is -0.179. The molecular weight excluding hydrogens is 307 g/mol. The Bertz CT molecular complexity index is 793. The van der Waals surface area contributed by atoms with Crippen LogP contribution in [0.25, 0.3) is 11.3 Å². The maximum Gasteiger partial charge on any atom is 0.128 e. The van der Waals surface area contributed by atoms with Crippen molar-refractivity contribution >= 4 is 17.0 Å². The average molecular weight is 326 g/mol. The third-order valence-electron chi connectivity index (χ3n) is 3.74. The molecule has 0 radical (unpaired) electrons. The summed E-state index contributed by atoms with van der Waals surface area (Å²) in [6.07, 6.45) is 0.966. The Kier molecular flexibility index (Phi) is 4.72. The Morgan fingerprint density at radius 3 is 2.48 bits per heavy atom. The lowest BCUT2D eigenvalue weighted by Gasteiger charge is -2.08. The van der Waals surface area contributed by atoms with Crippen molar-refractivity contribution in [3.05, 3.63) is 69.8 Å². The second-order valence-electron chi connectivity index (χ2n) is 5.39. The molecule has 1 heterocycles. The van der Waals surface area contributed by atoms with Gasteiger partial charge in [-0.25, -0.2) is 9.37 Å². The van der Waals surface area contributed by atoms with Crippen LogP contribution in [0.2, 0.25) is 0 Å². The molecule has 0 bridgehead atoms. The minimum absolute atomic E-state index is 0.179. The molecule has 0 aliphatic carbocycles. The van der Waals surface area contributed by atoms with E-state index in [0.29, 0.717) is 12.1 Å². The van der Waals surface area contributed by atoms with E-state index in [2.05, 4.69) is 36.3 Å². The van der Waals surface area contributed by atoms with Gasteiger partial charge in [-0.1, -0.05) is 37.3 Å². The van der Waals surface area contributed by atoms with Gasteiger partial charge in [0, 0.05) is 28.2 Å². The number of anilines is 1. The van der Waals surface area contributed by atoms with Crippen molar-refractivity contribution in [1.29, 1.82) is 0 Å². The van der Waals surface area contributed by atoms with Crippen LogP contribution in [0.4, 0.5) is 10.1 Å². The first kappa shape index (κ1) is 15.7. The number of aryl methyl sites for hydroxylation is 2. The Hall–Kier alpha value is -2.20. The van der Waals surface area contributed by atoms with Gasteiger partial charge in [0.25, 0.3) is 0 Å². The molecule has 0 aliphatic heterocycles. The lowest BCUT2D eigenvalue weighted by molar-refractivity contribution is 0.613. The molecule has 0 saturated heterocycles. The maximum atomic E-state index is 13.6. The Morgan fingerprint density at radius 1 is 1.09 bits per heavy atom. The van der Waals surface area contributed by atoms with Gasteiger partial charge in [0.1, 0.15) is 5.82 Å². The number of aromatic nitrogens is 1. The van der Waals surface area contributed by atoms with Gasteiger partial charge in [-0.2, -0.15) is 0 Å². The summed E-state index contributed by atoms with van der Waals surface area (Å²) < 4.78 is 13.6. The molecule has 3 rings (SSSR count). The predicted octanol–water partition coefficient (Wildman–Crippen LogP) is 5.43. The lowest BCUT2D eigenvalue weighted by atomic mass is 10.1. The summed E-state index contributed by atoms with van der Waals surface area (Å²) in [5, 5.41) is 4.42. The lowest BCUT2D eigenvalue weighted by Crippen LogP contribution is -2.01. The van der Waals surface area contributed by atoms with Crippen molar-refractivity contribution in [3.63, 3.8) is 0 Å². The number of halogens is 1. The van der Waals surface area contributed by atoms with Gasteiger partial charge in [0.2, 0.25) is 0 Å². The zero-order chi connectivity index (χ0) is 16.2. The Balaban J connectivity index is 1.72. The zero-order valence-electron chi connectivity index (χ0n) is 13.3. The number of rotatable bonds is 5. The largest absolute Gasteiger partial charge is 0.381 e. The molecule has 0 amide bonds. The molecule has 0 unspecified atom stereocenters. The summed E-state index contributed by atoms with van der Waals surface area (Å²) in [6.45, 7) is 4.70. The second kappa shape index (κ2) is 6.92. The molecule has 23 heavy (non-hydrogen) atoms. The smallest absolute Gasteiger partial charge is 0.128 e. The van der Waals surface area contributed by atoms with Crippen LogP contribution >= 0.6 is 11.3 Å². The number of thiazole rings is 1. The predicted molar refractivity (Wildman–Crippen MR) is 95.4 cm³/mol. The van der Waals surface area contributed by atoms with Crippen molar-refractivity contribution in [2.75, 3.05) is 5.32 Å². The van der Waals surface area contributed by atoms with Crippen LogP contribution in [-0.2, 0) is 13.0 Å². The highest BCUT2D eigenvalue weighted by molar-refractivity contribution is 7.12. The first-order valence-corrected chi connectivity index (χ1v) is 8.53. The van der Waals surface area contributed by atoms with Gasteiger partial charge in [-0.3, -0.25) is 0 Å².